The van der Waals surface area contributed by atoms with Crippen LogP contribution in [0.15, 0.2) is 46.4 Å². The summed E-state index contributed by atoms with van der Waals surface area (Å²) in [6.45, 7) is 2.54. The van der Waals surface area contributed by atoms with Crippen LogP contribution in [0.2, 0.25) is 10.0 Å². The first-order chi connectivity index (χ1) is 13.5. The molecule has 2 aromatic rings. The summed E-state index contributed by atoms with van der Waals surface area (Å²) < 4.78 is 54.8. The first kappa shape index (κ1) is 22.0. The number of hydrogen-bond donors (Lipinski definition) is 1. The number of halogens is 2. The highest BCUT2D eigenvalue weighted by Gasteiger charge is 2.22. The molecule has 1 heterocycles. The first-order valence-electron chi connectivity index (χ1n) is 8.55. The number of rotatable bonds is 6. The lowest BCUT2D eigenvalue weighted by Crippen LogP contribution is -2.17. The predicted octanol–water partition coefficient (Wildman–Crippen LogP) is 3.58. The lowest BCUT2D eigenvalue weighted by Gasteiger charge is -2.14. The molecule has 11 heteroatoms. The molecule has 0 bridgehead atoms. The number of aryl methyl sites for hydroxylation is 1. The fraction of sp³-hybridized carbons (Fsp3) is 0.278. The molecule has 0 spiro atoms. The molecule has 1 N–H and O–H groups in total. The van der Waals surface area contributed by atoms with Gasteiger partial charge < -0.3 is 0 Å². The lowest BCUT2D eigenvalue weighted by atomic mass is 10.0. The number of nitrogens with zero attached hydrogens (tertiary/aromatic N) is 2. The van der Waals surface area contributed by atoms with Crippen LogP contribution < -0.4 is 5.01 Å². The Morgan fingerprint density at radius 3 is 2.28 bits per heavy atom. The zero-order valence-electron chi connectivity index (χ0n) is 15.3. The number of sulfone groups is 1. The van der Waals surface area contributed by atoms with Gasteiger partial charge in [0.1, 0.15) is 0 Å². The Kier molecular flexibility index (Phi) is 6.26. The van der Waals surface area contributed by atoms with Crippen molar-refractivity contribution in [2.24, 2.45) is 5.10 Å². The van der Waals surface area contributed by atoms with Crippen molar-refractivity contribution in [2.75, 3.05) is 23.1 Å². The van der Waals surface area contributed by atoms with Gasteiger partial charge in [-0.3, -0.25) is 9.56 Å². The van der Waals surface area contributed by atoms with E-state index in [2.05, 4.69) is 5.10 Å². The molecule has 1 aliphatic rings. The molecule has 1 aliphatic heterocycles. The van der Waals surface area contributed by atoms with Gasteiger partial charge in [-0.15, -0.1) is 0 Å². The lowest BCUT2D eigenvalue weighted by molar-refractivity contribution is 0.484. The average Bonchev–Trinajstić information content (AvgIpc) is 3.12. The van der Waals surface area contributed by atoms with Gasteiger partial charge in [0.15, 0.2) is 9.84 Å². The van der Waals surface area contributed by atoms with Gasteiger partial charge in [-0.25, -0.2) is 8.42 Å². The van der Waals surface area contributed by atoms with Crippen molar-refractivity contribution in [1.82, 2.24) is 0 Å². The second-order valence-corrected chi connectivity index (χ2v) is 11.1. The highest BCUT2D eigenvalue weighted by molar-refractivity contribution is 7.93. The Hall–Kier alpha value is -1.65. The van der Waals surface area contributed by atoms with E-state index < -0.39 is 31.5 Å². The van der Waals surface area contributed by atoms with E-state index in [4.69, 9.17) is 27.8 Å². The van der Waals surface area contributed by atoms with Crippen molar-refractivity contribution in [3.8, 4) is 0 Å². The van der Waals surface area contributed by atoms with Gasteiger partial charge in [-0.1, -0.05) is 23.2 Å². The van der Waals surface area contributed by atoms with Crippen LogP contribution in [0.1, 0.15) is 17.5 Å². The second kappa shape index (κ2) is 8.23. The van der Waals surface area contributed by atoms with Crippen LogP contribution in [0.25, 0.3) is 0 Å². The summed E-state index contributed by atoms with van der Waals surface area (Å²) in [5, 5.41) is 7.30. The molecule has 156 valence electrons. The van der Waals surface area contributed by atoms with Crippen LogP contribution in [-0.4, -0.2) is 45.2 Å². The SMILES string of the molecule is Cc1cc(Cl)c(Cl)cc1C1=NN(c2ccc(S(=O)(=O)CCS(=O)(=O)O)cc2)CC1. The largest absolute Gasteiger partial charge is 0.286 e. The fourth-order valence-corrected chi connectivity index (χ4v) is 5.84. The molecular formula is C18H18Cl2N2O5S2. The highest BCUT2D eigenvalue weighted by Crippen LogP contribution is 2.29. The Morgan fingerprint density at radius 2 is 1.66 bits per heavy atom. The maximum Gasteiger partial charge on any atom is 0.265 e. The van der Waals surface area contributed by atoms with E-state index in [0.29, 0.717) is 28.7 Å². The summed E-state index contributed by atoms with van der Waals surface area (Å²) in [6.07, 6.45) is 0.688. The van der Waals surface area contributed by atoms with Gasteiger partial charge in [0.25, 0.3) is 10.1 Å². The minimum absolute atomic E-state index is 0.0198. The van der Waals surface area contributed by atoms with Crippen LogP contribution in [0, 0.1) is 6.92 Å². The summed E-state index contributed by atoms with van der Waals surface area (Å²) in [6, 6.07) is 9.57. The number of hydrogen-bond acceptors (Lipinski definition) is 6. The third-order valence-electron chi connectivity index (χ3n) is 4.48. The molecule has 0 radical (unpaired) electrons. The van der Waals surface area contributed by atoms with Crippen molar-refractivity contribution in [3.05, 3.63) is 57.6 Å². The van der Waals surface area contributed by atoms with E-state index in [0.717, 1.165) is 16.8 Å². The normalized spacial score (nSPS) is 14.9. The predicted molar refractivity (Wildman–Crippen MR) is 115 cm³/mol. The van der Waals surface area contributed by atoms with E-state index in [-0.39, 0.29) is 4.90 Å². The zero-order valence-corrected chi connectivity index (χ0v) is 18.5. The molecule has 0 amide bonds. The van der Waals surface area contributed by atoms with Crippen molar-refractivity contribution in [1.29, 1.82) is 0 Å². The van der Waals surface area contributed by atoms with Crippen LogP contribution in [0.5, 0.6) is 0 Å². The molecule has 0 saturated heterocycles. The summed E-state index contributed by atoms with van der Waals surface area (Å²) >= 11 is 12.2. The standard InChI is InChI=1S/C18H18Cl2N2O5S2/c1-12-10-16(19)17(20)11-15(12)18-6-7-22(21-18)13-2-4-14(5-3-13)28(23,24)8-9-29(25,26)27/h2-5,10-11H,6-9H2,1H3,(H,25,26,27). The maximum atomic E-state index is 12.2. The molecule has 0 unspecified atom stereocenters. The van der Waals surface area contributed by atoms with Gasteiger partial charge in [0.05, 0.1) is 37.8 Å². The van der Waals surface area contributed by atoms with E-state index in [1.54, 1.807) is 29.3 Å². The Morgan fingerprint density at radius 1 is 1.03 bits per heavy atom. The van der Waals surface area contributed by atoms with Crippen molar-refractivity contribution < 1.29 is 21.4 Å². The molecule has 0 aromatic heterocycles. The number of benzene rings is 2. The molecule has 0 atom stereocenters. The highest BCUT2D eigenvalue weighted by atomic mass is 35.5. The third kappa shape index (κ3) is 5.29. The third-order valence-corrected chi connectivity index (χ3v) is 7.92. The molecule has 2 aromatic carbocycles. The molecule has 29 heavy (non-hydrogen) atoms. The zero-order chi connectivity index (χ0) is 21.4. The topological polar surface area (TPSA) is 104 Å². The molecule has 3 rings (SSSR count). The van der Waals surface area contributed by atoms with E-state index in [9.17, 15) is 16.8 Å². The number of hydrazone groups is 1. The fourth-order valence-electron chi connectivity index (χ4n) is 2.95. The minimum atomic E-state index is -4.35. The smallest absolute Gasteiger partial charge is 0.265 e. The molecule has 0 saturated carbocycles. The van der Waals surface area contributed by atoms with Crippen LogP contribution >= 0.6 is 23.2 Å². The van der Waals surface area contributed by atoms with Gasteiger partial charge >= 0.3 is 0 Å². The van der Waals surface area contributed by atoms with Gasteiger partial charge in [0, 0.05) is 18.5 Å². The molecule has 0 aliphatic carbocycles. The van der Waals surface area contributed by atoms with Crippen LogP contribution in [0.4, 0.5) is 5.69 Å². The minimum Gasteiger partial charge on any atom is -0.286 e. The van der Waals surface area contributed by atoms with Gasteiger partial charge in [0.2, 0.25) is 0 Å². The summed E-state index contributed by atoms with van der Waals surface area (Å²) in [5.74, 6) is -1.53. The van der Waals surface area contributed by atoms with Gasteiger partial charge in [-0.2, -0.15) is 13.5 Å². The Balaban J connectivity index is 1.80. The maximum absolute atomic E-state index is 12.2. The van der Waals surface area contributed by atoms with Crippen LogP contribution in [-0.2, 0) is 20.0 Å². The summed E-state index contributed by atoms with van der Waals surface area (Å²) in [5.41, 5.74) is 3.42. The summed E-state index contributed by atoms with van der Waals surface area (Å²) in [7, 11) is -8.17. The van der Waals surface area contributed by atoms with Crippen molar-refractivity contribution in [3.63, 3.8) is 0 Å². The van der Waals surface area contributed by atoms with E-state index in [1.807, 2.05) is 6.92 Å². The van der Waals surface area contributed by atoms with E-state index >= 15 is 0 Å². The van der Waals surface area contributed by atoms with Crippen molar-refractivity contribution >= 4 is 54.6 Å². The molecule has 0 fully saturated rings. The molecular weight excluding hydrogens is 459 g/mol. The Bertz CT molecular complexity index is 1180. The Labute approximate surface area is 179 Å². The number of anilines is 1. The average molecular weight is 477 g/mol. The van der Waals surface area contributed by atoms with Crippen molar-refractivity contribution in [2.45, 2.75) is 18.2 Å². The van der Waals surface area contributed by atoms with Crippen LogP contribution in [0.3, 0.4) is 0 Å². The molecule has 7 nitrogen and oxygen atoms in total. The monoisotopic (exact) mass is 476 g/mol. The first-order valence-corrected chi connectivity index (χ1v) is 12.6. The van der Waals surface area contributed by atoms with Gasteiger partial charge in [-0.05, 0) is 48.9 Å². The quantitative estimate of drug-likeness (QED) is 0.638. The van der Waals surface area contributed by atoms with E-state index in [1.165, 1.54) is 12.1 Å². The summed E-state index contributed by atoms with van der Waals surface area (Å²) in [4.78, 5) is -0.0198. The second-order valence-electron chi connectivity index (χ2n) is 6.60.